The Balaban J connectivity index is 1.85. The SMILES string of the molecule is CC(=O)OC[C@]12CCC(C)=C[C@H]1O[C@H]1[C@@H](N(C)C)[C@@H](O)[C@]2(C)[C@]12CO2. The maximum absolute atomic E-state index is 11.6. The van der Waals surface area contributed by atoms with Gasteiger partial charge in [-0.05, 0) is 33.9 Å². The van der Waals surface area contributed by atoms with Crippen LogP contribution in [0.3, 0.4) is 0 Å². The van der Waals surface area contributed by atoms with E-state index in [1.807, 2.05) is 19.0 Å². The number of nitrogens with zero attached hydrogens (tertiary/aromatic N) is 1. The predicted molar refractivity (Wildman–Crippen MR) is 91.0 cm³/mol. The van der Waals surface area contributed by atoms with Gasteiger partial charge in [0.25, 0.3) is 0 Å². The highest BCUT2D eigenvalue weighted by molar-refractivity contribution is 5.66. The van der Waals surface area contributed by atoms with Gasteiger partial charge in [-0.25, -0.2) is 0 Å². The number of epoxide rings is 1. The van der Waals surface area contributed by atoms with Gasteiger partial charge in [-0.15, -0.1) is 0 Å². The molecule has 0 aromatic carbocycles. The lowest BCUT2D eigenvalue weighted by Crippen LogP contribution is -2.66. The van der Waals surface area contributed by atoms with Crippen molar-refractivity contribution in [2.45, 2.75) is 63.6 Å². The lowest BCUT2D eigenvalue weighted by Gasteiger charge is -2.58. The molecule has 1 spiro atoms. The number of hydrogen-bond donors (Lipinski definition) is 1. The molecule has 4 rings (SSSR count). The number of aliphatic hydroxyl groups is 1. The molecule has 2 heterocycles. The van der Waals surface area contributed by atoms with Crippen molar-refractivity contribution >= 4 is 5.97 Å². The molecule has 1 N–H and O–H groups in total. The van der Waals surface area contributed by atoms with Crippen molar-refractivity contribution in [2.24, 2.45) is 10.8 Å². The van der Waals surface area contributed by atoms with Crippen LogP contribution in [0.5, 0.6) is 0 Å². The van der Waals surface area contributed by atoms with Crippen molar-refractivity contribution in [1.29, 1.82) is 0 Å². The van der Waals surface area contributed by atoms with E-state index >= 15 is 0 Å². The summed E-state index contributed by atoms with van der Waals surface area (Å²) in [6, 6.07) is -0.138. The van der Waals surface area contributed by atoms with Gasteiger partial charge in [0.05, 0.1) is 24.9 Å². The topological polar surface area (TPSA) is 71.5 Å². The second-order valence-electron chi connectivity index (χ2n) is 8.71. The minimum Gasteiger partial charge on any atom is -0.465 e. The van der Waals surface area contributed by atoms with Crippen LogP contribution in [0, 0.1) is 10.8 Å². The maximum atomic E-state index is 11.6. The Morgan fingerprint density at radius 3 is 2.72 bits per heavy atom. The number of fused-ring (bicyclic) bond motifs is 2. The Bertz CT molecular complexity index is 627. The van der Waals surface area contributed by atoms with E-state index in [1.54, 1.807) is 0 Å². The number of esters is 1. The number of likely N-dealkylation sites (N-methyl/N-ethyl adjacent to an activating group) is 1. The first-order valence-corrected chi connectivity index (χ1v) is 9.14. The Morgan fingerprint density at radius 1 is 1.48 bits per heavy atom. The summed E-state index contributed by atoms with van der Waals surface area (Å²) in [6.07, 6.45) is 2.93. The van der Waals surface area contributed by atoms with Crippen molar-refractivity contribution in [3.63, 3.8) is 0 Å². The fraction of sp³-hybridized carbons (Fsp3) is 0.842. The molecule has 2 saturated heterocycles. The molecule has 0 aromatic heterocycles. The summed E-state index contributed by atoms with van der Waals surface area (Å²) in [4.78, 5) is 13.6. The van der Waals surface area contributed by atoms with E-state index in [0.717, 1.165) is 12.8 Å². The molecule has 25 heavy (non-hydrogen) atoms. The largest absolute Gasteiger partial charge is 0.465 e. The van der Waals surface area contributed by atoms with E-state index in [-0.39, 0.29) is 30.8 Å². The Hall–Kier alpha value is -0.950. The fourth-order valence-corrected chi connectivity index (χ4v) is 5.81. The van der Waals surface area contributed by atoms with E-state index in [0.29, 0.717) is 6.61 Å². The molecule has 0 unspecified atom stereocenters. The number of carbonyl (C=O) groups is 1. The van der Waals surface area contributed by atoms with Crippen molar-refractivity contribution in [3.8, 4) is 0 Å². The Labute approximate surface area is 149 Å². The quantitative estimate of drug-likeness (QED) is 0.467. The number of rotatable bonds is 3. The summed E-state index contributed by atoms with van der Waals surface area (Å²) in [6.45, 7) is 6.51. The highest BCUT2D eigenvalue weighted by Gasteiger charge is 2.84. The number of carbonyl (C=O) groups excluding carboxylic acids is 1. The van der Waals surface area contributed by atoms with Gasteiger partial charge in [0.2, 0.25) is 0 Å². The van der Waals surface area contributed by atoms with Gasteiger partial charge >= 0.3 is 5.97 Å². The molecule has 2 aliphatic heterocycles. The van der Waals surface area contributed by atoms with Gasteiger partial charge in [-0.2, -0.15) is 0 Å². The average molecular weight is 351 g/mol. The van der Waals surface area contributed by atoms with Crippen molar-refractivity contribution in [1.82, 2.24) is 4.90 Å². The normalized spacial score (nSPS) is 50.6. The molecule has 4 aliphatic rings. The molecule has 2 aliphatic carbocycles. The van der Waals surface area contributed by atoms with E-state index in [2.05, 4.69) is 19.9 Å². The molecule has 3 fully saturated rings. The summed E-state index contributed by atoms with van der Waals surface area (Å²) in [5.41, 5.74) is -0.211. The summed E-state index contributed by atoms with van der Waals surface area (Å²) < 4.78 is 18.1. The molecule has 1 saturated carbocycles. The van der Waals surface area contributed by atoms with E-state index in [1.165, 1.54) is 12.5 Å². The number of hydrogen-bond acceptors (Lipinski definition) is 6. The highest BCUT2D eigenvalue weighted by Crippen LogP contribution is 2.71. The number of aliphatic hydroxyl groups excluding tert-OH is 1. The van der Waals surface area contributed by atoms with Crippen LogP contribution in [-0.2, 0) is 19.0 Å². The fourth-order valence-electron chi connectivity index (χ4n) is 5.81. The first-order valence-electron chi connectivity index (χ1n) is 9.14. The zero-order valence-electron chi connectivity index (χ0n) is 15.7. The van der Waals surface area contributed by atoms with Gasteiger partial charge < -0.3 is 24.2 Å². The molecule has 140 valence electrons. The first kappa shape index (κ1) is 17.5. The monoisotopic (exact) mass is 351 g/mol. The van der Waals surface area contributed by atoms with Gasteiger partial charge in [-0.1, -0.05) is 18.6 Å². The lowest BCUT2D eigenvalue weighted by atomic mass is 9.51. The third kappa shape index (κ3) is 1.97. The van der Waals surface area contributed by atoms with E-state index in [4.69, 9.17) is 14.2 Å². The predicted octanol–water partition coefficient (Wildman–Crippen LogP) is 1.12. The van der Waals surface area contributed by atoms with Gasteiger partial charge in [0, 0.05) is 17.8 Å². The number of ether oxygens (including phenoxy) is 3. The van der Waals surface area contributed by atoms with E-state index < -0.39 is 22.5 Å². The lowest BCUT2D eigenvalue weighted by molar-refractivity contribution is -0.230. The summed E-state index contributed by atoms with van der Waals surface area (Å²) in [5.74, 6) is -0.299. The molecule has 6 nitrogen and oxygen atoms in total. The Morgan fingerprint density at radius 2 is 2.16 bits per heavy atom. The van der Waals surface area contributed by atoms with Gasteiger partial charge in [0.15, 0.2) is 0 Å². The minimum atomic E-state index is -0.609. The van der Waals surface area contributed by atoms with Crippen molar-refractivity contribution in [3.05, 3.63) is 11.6 Å². The van der Waals surface area contributed by atoms with Crippen LogP contribution in [0.2, 0.25) is 0 Å². The molecule has 0 radical (unpaired) electrons. The van der Waals surface area contributed by atoms with Crippen LogP contribution >= 0.6 is 0 Å². The summed E-state index contributed by atoms with van der Waals surface area (Å²) in [7, 11) is 3.95. The molecule has 0 aromatic rings. The van der Waals surface area contributed by atoms with E-state index in [9.17, 15) is 9.90 Å². The molecular formula is C19H29NO5. The van der Waals surface area contributed by atoms with Gasteiger partial charge in [0.1, 0.15) is 18.3 Å². The van der Waals surface area contributed by atoms with Crippen LogP contribution in [-0.4, -0.2) is 73.2 Å². The maximum Gasteiger partial charge on any atom is 0.302 e. The zero-order chi connectivity index (χ0) is 18.2. The molecule has 7 atom stereocenters. The van der Waals surface area contributed by atoms with Crippen LogP contribution in [0.4, 0.5) is 0 Å². The molecular weight excluding hydrogens is 322 g/mol. The van der Waals surface area contributed by atoms with Crippen LogP contribution in [0.15, 0.2) is 11.6 Å². The second-order valence-corrected chi connectivity index (χ2v) is 8.71. The van der Waals surface area contributed by atoms with Crippen molar-refractivity contribution < 1.29 is 24.1 Å². The van der Waals surface area contributed by atoms with Crippen molar-refractivity contribution in [2.75, 3.05) is 27.3 Å². The third-order valence-corrected chi connectivity index (χ3v) is 7.42. The second kappa shape index (κ2) is 5.28. The highest BCUT2D eigenvalue weighted by atomic mass is 16.6. The van der Waals surface area contributed by atoms with Crippen LogP contribution in [0.1, 0.15) is 33.6 Å². The molecule has 0 amide bonds. The summed E-state index contributed by atoms with van der Waals surface area (Å²) >= 11 is 0. The molecule has 6 heteroatoms. The summed E-state index contributed by atoms with van der Waals surface area (Å²) in [5, 5.41) is 11.4. The zero-order valence-corrected chi connectivity index (χ0v) is 15.7. The standard InChI is InChI=1S/C19H29NO5/c1-11-6-7-18(9-23-12(2)21)13(8-11)25-16-14(20(4)5)15(22)17(18,3)19(16)10-24-19/h8,13-16,22H,6-7,9-10H2,1-5H3/t13-,14+,15-,16+,17+,18-,19+/m1/s1. The first-order chi connectivity index (χ1) is 11.7. The van der Waals surface area contributed by atoms with Crippen LogP contribution in [0.25, 0.3) is 0 Å². The third-order valence-electron chi connectivity index (χ3n) is 7.42. The smallest absolute Gasteiger partial charge is 0.302 e. The number of allylic oxidation sites excluding steroid dienone is 1. The van der Waals surface area contributed by atoms with Crippen LogP contribution < -0.4 is 0 Å². The van der Waals surface area contributed by atoms with Gasteiger partial charge in [-0.3, -0.25) is 4.79 Å². The minimum absolute atomic E-state index is 0.138. The average Bonchev–Trinajstić information content (AvgIpc) is 3.30. The Kier molecular flexibility index (Phi) is 3.69. The molecule has 2 bridgehead atoms.